The highest BCUT2D eigenvalue weighted by molar-refractivity contribution is 5.44. The molecule has 0 fully saturated rings. The van der Waals surface area contributed by atoms with E-state index < -0.39 is 0 Å². The predicted octanol–water partition coefficient (Wildman–Crippen LogP) is 4.30. The van der Waals surface area contributed by atoms with Gasteiger partial charge in [0.1, 0.15) is 17.3 Å². The van der Waals surface area contributed by atoms with Crippen molar-refractivity contribution in [2.24, 2.45) is 0 Å². The first-order valence-electron chi connectivity index (χ1n) is 7.51. The Morgan fingerprint density at radius 2 is 1.90 bits per heavy atom. The maximum absolute atomic E-state index is 5.85. The van der Waals surface area contributed by atoms with Crippen LogP contribution in [0.1, 0.15) is 47.6 Å². The number of hydrogen-bond donors (Lipinski definition) is 1. The van der Waals surface area contributed by atoms with Crippen LogP contribution in [0.4, 0.5) is 0 Å². The molecule has 3 nitrogen and oxygen atoms in total. The van der Waals surface area contributed by atoms with E-state index >= 15 is 0 Å². The van der Waals surface area contributed by atoms with E-state index in [1.54, 1.807) is 7.11 Å². The lowest BCUT2D eigenvalue weighted by molar-refractivity contribution is 0.409. The molecule has 0 spiro atoms. The first-order valence-corrected chi connectivity index (χ1v) is 7.51. The van der Waals surface area contributed by atoms with Crippen molar-refractivity contribution in [3.63, 3.8) is 0 Å². The summed E-state index contributed by atoms with van der Waals surface area (Å²) in [5.41, 5.74) is 3.60. The quantitative estimate of drug-likeness (QED) is 0.860. The Morgan fingerprint density at radius 3 is 2.48 bits per heavy atom. The maximum Gasteiger partial charge on any atom is 0.125 e. The van der Waals surface area contributed by atoms with Gasteiger partial charge in [0.25, 0.3) is 0 Å². The maximum atomic E-state index is 5.85. The van der Waals surface area contributed by atoms with Gasteiger partial charge in [-0.3, -0.25) is 0 Å². The van der Waals surface area contributed by atoms with Gasteiger partial charge < -0.3 is 14.5 Å². The molecule has 1 aromatic carbocycles. The minimum atomic E-state index is 0.0863. The van der Waals surface area contributed by atoms with Gasteiger partial charge in [0.05, 0.1) is 13.2 Å². The summed E-state index contributed by atoms with van der Waals surface area (Å²) in [5, 5.41) is 3.59. The molecule has 1 heterocycles. The van der Waals surface area contributed by atoms with Gasteiger partial charge >= 0.3 is 0 Å². The number of aryl methyl sites for hydroxylation is 3. The van der Waals surface area contributed by atoms with Gasteiger partial charge in [0.15, 0.2) is 0 Å². The topological polar surface area (TPSA) is 34.4 Å². The van der Waals surface area contributed by atoms with E-state index in [1.165, 1.54) is 11.1 Å². The lowest BCUT2D eigenvalue weighted by Gasteiger charge is -2.20. The third-order valence-corrected chi connectivity index (χ3v) is 3.74. The van der Waals surface area contributed by atoms with Gasteiger partial charge in [-0.1, -0.05) is 13.0 Å². The summed E-state index contributed by atoms with van der Waals surface area (Å²) in [5.74, 6) is 2.84. The molecule has 1 unspecified atom stereocenters. The third-order valence-electron chi connectivity index (χ3n) is 3.74. The molecule has 0 saturated heterocycles. The van der Waals surface area contributed by atoms with Crippen molar-refractivity contribution in [3.05, 3.63) is 52.5 Å². The van der Waals surface area contributed by atoms with Crippen LogP contribution >= 0.6 is 0 Å². The average molecular weight is 287 g/mol. The Bertz CT molecular complexity index is 601. The summed E-state index contributed by atoms with van der Waals surface area (Å²) < 4.78 is 11.3. The smallest absolute Gasteiger partial charge is 0.125 e. The van der Waals surface area contributed by atoms with Crippen LogP contribution in [0.25, 0.3) is 0 Å². The normalized spacial score (nSPS) is 12.4. The van der Waals surface area contributed by atoms with Crippen LogP contribution in [0.5, 0.6) is 5.75 Å². The zero-order valence-corrected chi connectivity index (χ0v) is 13.6. The van der Waals surface area contributed by atoms with E-state index in [0.717, 1.165) is 35.8 Å². The molecular weight excluding hydrogens is 262 g/mol. The molecule has 3 heteroatoms. The summed E-state index contributed by atoms with van der Waals surface area (Å²) in [4.78, 5) is 0. The molecule has 2 rings (SSSR count). The lowest BCUT2D eigenvalue weighted by Crippen LogP contribution is -2.23. The molecule has 114 valence electrons. The second-order valence-electron chi connectivity index (χ2n) is 5.51. The van der Waals surface area contributed by atoms with Crippen LogP contribution in [0, 0.1) is 20.8 Å². The van der Waals surface area contributed by atoms with Crippen molar-refractivity contribution in [1.29, 1.82) is 0 Å². The number of rotatable bonds is 6. The Balaban J connectivity index is 2.43. The Hall–Kier alpha value is -1.74. The van der Waals surface area contributed by atoms with Crippen LogP contribution < -0.4 is 10.1 Å². The molecule has 21 heavy (non-hydrogen) atoms. The third kappa shape index (κ3) is 3.48. The Labute approximate surface area is 127 Å². The standard InChI is InChI=1S/C18H25NO2/c1-6-9-19-18(16-8-7-14(4)21-16)15-10-13(3)17(20-5)11-12(15)2/h7-8,10-11,18-19H,6,9H2,1-5H3. The molecule has 1 N–H and O–H groups in total. The molecule has 0 bridgehead atoms. The fourth-order valence-electron chi connectivity index (χ4n) is 2.60. The number of furan rings is 1. The Kier molecular flexibility index (Phi) is 5.07. The molecule has 2 aromatic rings. The summed E-state index contributed by atoms with van der Waals surface area (Å²) >= 11 is 0. The van der Waals surface area contributed by atoms with Crippen LogP contribution in [-0.2, 0) is 0 Å². The molecule has 0 aliphatic rings. The van der Waals surface area contributed by atoms with Gasteiger partial charge in [-0.15, -0.1) is 0 Å². The molecule has 1 aromatic heterocycles. The molecule has 0 aliphatic heterocycles. The Morgan fingerprint density at radius 1 is 1.14 bits per heavy atom. The van der Waals surface area contributed by atoms with Crippen LogP contribution in [0.15, 0.2) is 28.7 Å². The monoisotopic (exact) mass is 287 g/mol. The SMILES string of the molecule is CCCNC(c1ccc(C)o1)c1cc(C)c(OC)cc1C. The van der Waals surface area contributed by atoms with E-state index in [-0.39, 0.29) is 6.04 Å². The zero-order chi connectivity index (χ0) is 15.4. The molecule has 0 aliphatic carbocycles. The van der Waals surface area contributed by atoms with Crippen molar-refractivity contribution >= 4 is 0 Å². The highest BCUT2D eigenvalue weighted by atomic mass is 16.5. The minimum Gasteiger partial charge on any atom is -0.496 e. The van der Waals surface area contributed by atoms with Crippen molar-refractivity contribution in [3.8, 4) is 5.75 Å². The van der Waals surface area contributed by atoms with Gasteiger partial charge in [-0.2, -0.15) is 0 Å². The van der Waals surface area contributed by atoms with E-state index in [1.807, 2.05) is 13.0 Å². The van der Waals surface area contributed by atoms with Crippen molar-refractivity contribution in [1.82, 2.24) is 5.32 Å². The summed E-state index contributed by atoms with van der Waals surface area (Å²) in [6.45, 7) is 9.30. The van der Waals surface area contributed by atoms with E-state index in [9.17, 15) is 0 Å². The van der Waals surface area contributed by atoms with E-state index in [2.05, 4.69) is 44.3 Å². The molecule has 0 radical (unpaired) electrons. The summed E-state index contributed by atoms with van der Waals surface area (Å²) in [6, 6.07) is 8.45. The van der Waals surface area contributed by atoms with Crippen LogP contribution in [0.2, 0.25) is 0 Å². The first-order chi connectivity index (χ1) is 10.1. The first kappa shape index (κ1) is 15.6. The lowest BCUT2D eigenvalue weighted by atomic mass is 9.96. The molecular formula is C18H25NO2. The largest absolute Gasteiger partial charge is 0.496 e. The van der Waals surface area contributed by atoms with E-state index in [4.69, 9.17) is 9.15 Å². The van der Waals surface area contributed by atoms with Crippen molar-refractivity contribution in [2.45, 2.75) is 40.2 Å². The van der Waals surface area contributed by atoms with Gasteiger partial charge in [0, 0.05) is 0 Å². The average Bonchev–Trinajstić information content (AvgIpc) is 2.89. The predicted molar refractivity (Wildman–Crippen MR) is 86.0 cm³/mol. The van der Waals surface area contributed by atoms with E-state index in [0.29, 0.717) is 0 Å². The minimum absolute atomic E-state index is 0.0863. The second kappa shape index (κ2) is 6.81. The number of nitrogens with one attached hydrogen (secondary N) is 1. The number of benzene rings is 1. The highest BCUT2D eigenvalue weighted by Crippen LogP contribution is 2.31. The fourth-order valence-corrected chi connectivity index (χ4v) is 2.60. The number of methoxy groups -OCH3 is 1. The van der Waals surface area contributed by atoms with Crippen molar-refractivity contribution in [2.75, 3.05) is 13.7 Å². The van der Waals surface area contributed by atoms with Crippen LogP contribution in [0.3, 0.4) is 0 Å². The zero-order valence-electron chi connectivity index (χ0n) is 13.6. The molecule has 0 amide bonds. The number of ether oxygens (including phenoxy) is 1. The summed E-state index contributed by atoms with van der Waals surface area (Å²) in [6.07, 6.45) is 1.09. The molecule has 0 saturated carbocycles. The summed E-state index contributed by atoms with van der Waals surface area (Å²) in [7, 11) is 1.71. The van der Waals surface area contributed by atoms with Gasteiger partial charge in [-0.25, -0.2) is 0 Å². The fraction of sp³-hybridized carbons (Fsp3) is 0.444. The van der Waals surface area contributed by atoms with Crippen molar-refractivity contribution < 1.29 is 9.15 Å². The second-order valence-corrected chi connectivity index (χ2v) is 5.51. The number of hydrogen-bond acceptors (Lipinski definition) is 3. The van der Waals surface area contributed by atoms with Gasteiger partial charge in [0.2, 0.25) is 0 Å². The van der Waals surface area contributed by atoms with Crippen LogP contribution in [-0.4, -0.2) is 13.7 Å². The molecule has 1 atom stereocenters. The van der Waals surface area contributed by atoms with Gasteiger partial charge in [-0.05, 0) is 68.6 Å². The highest BCUT2D eigenvalue weighted by Gasteiger charge is 2.20.